The Balaban J connectivity index is 1.43. The van der Waals surface area contributed by atoms with Crippen molar-refractivity contribution in [3.05, 3.63) is 65.7 Å². The summed E-state index contributed by atoms with van der Waals surface area (Å²) < 4.78 is 11.4. The molecule has 2 aliphatic rings. The number of aliphatic hydroxyl groups is 1. The largest absolute Gasteiger partial charge is 0.489 e. The van der Waals surface area contributed by atoms with Crippen LogP contribution in [0.15, 0.2) is 54.6 Å². The Kier molecular flexibility index (Phi) is 15.5. The van der Waals surface area contributed by atoms with Crippen molar-refractivity contribution in [2.75, 3.05) is 65.6 Å². The number of hydrogen-bond acceptors (Lipinski definition) is 7. The lowest BCUT2D eigenvalue weighted by Gasteiger charge is -2.37. The van der Waals surface area contributed by atoms with Crippen molar-refractivity contribution < 1.29 is 29.0 Å². The highest BCUT2D eigenvalue weighted by Crippen LogP contribution is 2.17. The first-order chi connectivity index (χ1) is 23.3. The summed E-state index contributed by atoms with van der Waals surface area (Å²) in [5.41, 5.74) is 1.97. The van der Waals surface area contributed by atoms with Crippen LogP contribution in [0.5, 0.6) is 5.75 Å². The maximum Gasteiger partial charge on any atom is 0.318 e. The van der Waals surface area contributed by atoms with Crippen LogP contribution in [0.2, 0.25) is 0 Å². The first-order valence-electron chi connectivity index (χ1n) is 17.6. The topological polar surface area (TPSA) is 124 Å². The van der Waals surface area contributed by atoms with Crippen LogP contribution >= 0.6 is 0 Å². The first kappa shape index (κ1) is 37.2. The number of carbonyl (C=O) groups is 3. The molecule has 11 heteroatoms. The number of rotatable bonds is 16. The molecule has 0 bridgehead atoms. The minimum absolute atomic E-state index is 0.00120. The van der Waals surface area contributed by atoms with Crippen LogP contribution in [-0.2, 0) is 27.4 Å². The van der Waals surface area contributed by atoms with Crippen LogP contribution < -0.4 is 15.4 Å². The van der Waals surface area contributed by atoms with Gasteiger partial charge in [-0.15, -0.1) is 0 Å². The van der Waals surface area contributed by atoms with E-state index in [4.69, 9.17) is 14.6 Å². The van der Waals surface area contributed by atoms with Gasteiger partial charge >= 0.3 is 6.03 Å². The smallest absolute Gasteiger partial charge is 0.318 e. The fourth-order valence-corrected chi connectivity index (χ4v) is 6.16. The fraction of sp³-hybridized carbons (Fsp3) is 0.595. The van der Waals surface area contributed by atoms with Crippen LogP contribution in [0.25, 0.3) is 0 Å². The zero-order chi connectivity index (χ0) is 34.1. The molecule has 48 heavy (non-hydrogen) atoms. The Hall–Kier alpha value is -3.67. The molecule has 2 fully saturated rings. The summed E-state index contributed by atoms with van der Waals surface area (Å²) in [5.74, 6) is 0.415. The summed E-state index contributed by atoms with van der Waals surface area (Å²) in [6.45, 7) is 9.93. The molecule has 2 aromatic rings. The molecule has 2 atom stereocenters. The summed E-state index contributed by atoms with van der Waals surface area (Å²) >= 11 is 0. The van der Waals surface area contributed by atoms with Gasteiger partial charge in [0.1, 0.15) is 24.4 Å². The van der Waals surface area contributed by atoms with Crippen LogP contribution in [0.3, 0.4) is 0 Å². The van der Waals surface area contributed by atoms with E-state index in [9.17, 15) is 14.4 Å². The third-order valence-electron chi connectivity index (χ3n) is 8.91. The van der Waals surface area contributed by atoms with Crippen LogP contribution in [0.4, 0.5) is 4.79 Å². The number of carbonyl (C=O) groups excluding carboxylic acids is 3. The number of likely N-dealkylation sites (tertiary alicyclic amines) is 1. The third kappa shape index (κ3) is 12.4. The molecule has 2 saturated heterocycles. The number of nitrogens with one attached hydrogen (secondary N) is 2. The zero-order valence-electron chi connectivity index (χ0n) is 28.8. The van der Waals surface area contributed by atoms with Gasteiger partial charge in [0.25, 0.3) is 0 Å². The van der Waals surface area contributed by atoms with Crippen molar-refractivity contribution in [2.45, 2.75) is 71.1 Å². The van der Waals surface area contributed by atoms with Gasteiger partial charge in [-0.3, -0.25) is 14.5 Å². The van der Waals surface area contributed by atoms with E-state index in [-0.39, 0.29) is 30.4 Å². The second kappa shape index (κ2) is 20.0. The van der Waals surface area contributed by atoms with E-state index in [1.54, 1.807) is 0 Å². The van der Waals surface area contributed by atoms with Crippen LogP contribution in [0, 0.1) is 5.92 Å². The van der Waals surface area contributed by atoms with Crippen molar-refractivity contribution in [2.24, 2.45) is 5.92 Å². The third-order valence-corrected chi connectivity index (χ3v) is 8.91. The molecule has 11 nitrogen and oxygen atoms in total. The number of benzene rings is 2. The predicted molar refractivity (Wildman–Crippen MR) is 186 cm³/mol. The highest BCUT2D eigenvalue weighted by atomic mass is 16.5. The lowest BCUT2D eigenvalue weighted by Crippen LogP contribution is -2.59. The molecule has 0 saturated carbocycles. The second-order valence-electron chi connectivity index (χ2n) is 13.2. The molecule has 0 radical (unpaired) electrons. The Bertz CT molecular complexity index is 1240. The van der Waals surface area contributed by atoms with E-state index < -0.39 is 12.1 Å². The molecule has 0 spiro atoms. The van der Waals surface area contributed by atoms with Crippen LogP contribution in [0.1, 0.15) is 57.1 Å². The standard InChI is InChI=1S/C37H55N5O6/c1-29(2)26-33(39-37(46)42-16-8-3-4-9-17-42)35(44)38-34(36(45)41-20-18-40(19-21-41)22-24-47-25-23-43)27-30-12-14-32(15-13-30)48-28-31-10-6-5-7-11-31/h5-7,10-15,29,33-34,43H,3-4,8-9,16-28H2,1-2H3,(H,38,44)(H,39,46)/t33-,34-/m0/s1. The number of amides is 4. The molecule has 4 rings (SSSR count). The summed E-state index contributed by atoms with van der Waals surface area (Å²) in [4.78, 5) is 47.0. The monoisotopic (exact) mass is 665 g/mol. The summed E-state index contributed by atoms with van der Waals surface area (Å²) in [7, 11) is 0. The highest BCUT2D eigenvalue weighted by Gasteiger charge is 2.32. The predicted octanol–water partition coefficient (Wildman–Crippen LogP) is 3.45. The molecular weight excluding hydrogens is 610 g/mol. The van der Waals surface area contributed by atoms with E-state index in [1.807, 2.05) is 78.2 Å². The molecule has 2 aliphatic heterocycles. The molecule has 4 amide bonds. The van der Waals surface area contributed by atoms with Gasteiger partial charge in [0.05, 0.1) is 19.8 Å². The fourth-order valence-electron chi connectivity index (χ4n) is 6.16. The normalized spacial score (nSPS) is 17.0. The van der Waals surface area contributed by atoms with Gasteiger partial charge in [-0.2, -0.15) is 0 Å². The number of aliphatic hydroxyl groups excluding tert-OH is 1. The summed E-state index contributed by atoms with van der Waals surface area (Å²) in [5, 5.41) is 15.0. The van der Waals surface area contributed by atoms with Gasteiger partial charge in [-0.05, 0) is 48.4 Å². The molecular formula is C37H55N5O6. The van der Waals surface area contributed by atoms with Crippen molar-refractivity contribution in [1.29, 1.82) is 0 Å². The second-order valence-corrected chi connectivity index (χ2v) is 13.2. The molecule has 2 heterocycles. The van der Waals surface area contributed by atoms with Gasteiger partial charge in [0.15, 0.2) is 0 Å². The minimum atomic E-state index is -0.794. The van der Waals surface area contributed by atoms with E-state index in [2.05, 4.69) is 15.5 Å². The Morgan fingerprint density at radius 2 is 1.46 bits per heavy atom. The number of urea groups is 1. The van der Waals surface area contributed by atoms with Gasteiger partial charge in [0.2, 0.25) is 11.8 Å². The highest BCUT2D eigenvalue weighted by molar-refractivity contribution is 5.92. The summed E-state index contributed by atoms with van der Waals surface area (Å²) in [6, 6.07) is 15.9. The molecule has 0 aliphatic carbocycles. The SMILES string of the molecule is CC(C)C[C@H](NC(=O)N1CCCCCC1)C(=O)N[C@@H](Cc1ccc(OCc2ccccc2)cc1)C(=O)N1CCN(CCOCCO)CC1. The Morgan fingerprint density at radius 3 is 2.10 bits per heavy atom. The van der Waals surface area contributed by atoms with E-state index in [0.717, 1.165) is 49.1 Å². The van der Waals surface area contributed by atoms with Gasteiger partial charge in [-0.1, -0.05) is 69.2 Å². The average molecular weight is 666 g/mol. The number of hydrogen-bond donors (Lipinski definition) is 3. The molecule has 2 aromatic carbocycles. The van der Waals surface area contributed by atoms with Crippen LogP contribution in [-0.4, -0.2) is 115 Å². The van der Waals surface area contributed by atoms with E-state index >= 15 is 0 Å². The molecule has 0 aromatic heterocycles. The van der Waals surface area contributed by atoms with Gasteiger partial charge in [-0.25, -0.2) is 4.79 Å². The average Bonchev–Trinajstić information content (AvgIpc) is 3.39. The van der Waals surface area contributed by atoms with Crippen molar-refractivity contribution >= 4 is 17.8 Å². The van der Waals surface area contributed by atoms with Crippen molar-refractivity contribution in [1.82, 2.24) is 25.3 Å². The number of ether oxygens (including phenoxy) is 2. The minimum Gasteiger partial charge on any atom is -0.489 e. The first-order valence-corrected chi connectivity index (χ1v) is 17.6. The lowest BCUT2D eigenvalue weighted by atomic mass is 10.0. The lowest BCUT2D eigenvalue weighted by molar-refractivity contribution is -0.138. The number of piperazine rings is 1. The maximum absolute atomic E-state index is 14.0. The molecule has 3 N–H and O–H groups in total. The maximum atomic E-state index is 14.0. The Morgan fingerprint density at radius 1 is 0.771 bits per heavy atom. The van der Waals surface area contributed by atoms with Gasteiger partial charge < -0.3 is 35.0 Å². The Labute approximate surface area is 285 Å². The molecule has 264 valence electrons. The zero-order valence-corrected chi connectivity index (χ0v) is 28.8. The van der Waals surface area contributed by atoms with E-state index in [1.165, 1.54) is 0 Å². The van der Waals surface area contributed by atoms with Crippen molar-refractivity contribution in [3.63, 3.8) is 0 Å². The summed E-state index contributed by atoms with van der Waals surface area (Å²) in [6.07, 6.45) is 4.92. The molecule has 0 unspecified atom stereocenters. The van der Waals surface area contributed by atoms with Gasteiger partial charge in [0, 0.05) is 52.2 Å². The number of nitrogens with zero attached hydrogens (tertiary/aromatic N) is 3. The van der Waals surface area contributed by atoms with Crippen molar-refractivity contribution in [3.8, 4) is 5.75 Å². The quantitative estimate of drug-likeness (QED) is 0.235. The van der Waals surface area contributed by atoms with E-state index in [0.29, 0.717) is 71.9 Å².